The van der Waals surface area contributed by atoms with Gasteiger partial charge in [-0.25, -0.2) is 15.0 Å². The van der Waals surface area contributed by atoms with E-state index >= 15 is 0 Å². The molecule has 0 spiro atoms. The van der Waals surface area contributed by atoms with Gasteiger partial charge < -0.3 is 13.9 Å². The molecule has 0 bridgehead atoms. The summed E-state index contributed by atoms with van der Waals surface area (Å²) in [6.45, 7) is 8.05. The van der Waals surface area contributed by atoms with Crippen molar-refractivity contribution in [1.29, 1.82) is 0 Å². The van der Waals surface area contributed by atoms with Crippen molar-refractivity contribution in [2.24, 2.45) is 7.05 Å². The van der Waals surface area contributed by atoms with Gasteiger partial charge >= 0.3 is 0 Å². The highest BCUT2D eigenvalue weighted by Crippen LogP contribution is 2.32. The number of oxazole rings is 1. The summed E-state index contributed by atoms with van der Waals surface area (Å²) in [6, 6.07) is 6.11. The monoisotopic (exact) mass is 654 g/mol. The number of fused-ring (bicyclic) bond motifs is 1. The smallest absolute Gasteiger partial charge is 0.293 e. The molecule has 12 heteroatoms. The highest BCUT2D eigenvalue weighted by atomic mass is 79.9. The molecule has 0 saturated heterocycles. The molecule has 4 rings (SSSR count). The van der Waals surface area contributed by atoms with Crippen LogP contribution in [0.4, 0.5) is 10.8 Å². The van der Waals surface area contributed by atoms with E-state index in [1.165, 1.54) is 11.3 Å². The molecule has 0 atom stereocenters. The minimum absolute atomic E-state index is 0.0736. The first-order chi connectivity index (χ1) is 17.2. The number of aromatic nitrogens is 4. The van der Waals surface area contributed by atoms with Gasteiger partial charge in [-0.2, -0.15) is 0 Å². The molecule has 0 radical (unpaired) electrons. The third-order valence-electron chi connectivity index (χ3n) is 5.48. The Kier molecular flexibility index (Phi) is 8.79. The normalized spacial score (nSPS) is 11.8. The van der Waals surface area contributed by atoms with Gasteiger partial charge in [0.2, 0.25) is 5.89 Å². The second-order valence-corrected chi connectivity index (χ2v) is 13.0. The molecule has 1 N–H and O–H groups in total. The Morgan fingerprint density at radius 3 is 2.61 bits per heavy atom. The predicted octanol–water partition coefficient (Wildman–Crippen LogP) is 6.46. The van der Waals surface area contributed by atoms with Crippen LogP contribution in [0.2, 0.25) is 0 Å². The Balaban J connectivity index is 1.43. The van der Waals surface area contributed by atoms with E-state index in [4.69, 9.17) is 4.42 Å². The van der Waals surface area contributed by atoms with Crippen LogP contribution in [0.3, 0.4) is 0 Å². The molecule has 0 fully saturated rings. The number of rotatable bonds is 10. The van der Waals surface area contributed by atoms with E-state index in [1.54, 1.807) is 24.2 Å². The molecule has 8 nitrogen and oxygen atoms in total. The molecule has 1 aromatic carbocycles. The Hall–Kier alpha value is -1.89. The third-order valence-corrected chi connectivity index (χ3v) is 8.28. The van der Waals surface area contributed by atoms with Gasteiger partial charge in [-0.05, 0) is 18.2 Å². The van der Waals surface area contributed by atoms with Crippen LogP contribution in [0.5, 0.6) is 0 Å². The van der Waals surface area contributed by atoms with Crippen molar-refractivity contribution in [1.82, 2.24) is 19.5 Å². The lowest BCUT2D eigenvalue weighted by molar-refractivity contribution is 0.101. The number of thioether (sulfide) groups is 1. The number of imidazole rings is 1. The summed E-state index contributed by atoms with van der Waals surface area (Å²) in [7, 11) is 1.85. The standard InChI is InChI=1S/C24H28Br2N6O2S2/c1-24(2,3)18-12-27-19(34-18)14-35-20-13-28-23(36-20)30-22(33)21-29-16-11-15(5-6-17(16)31(21)4)32(9-7-25)10-8-26/h5-6,11-13H,7-10,14H2,1-4H3,(H,28,30,33). The zero-order chi connectivity index (χ0) is 25.9. The van der Waals surface area contributed by atoms with Crippen LogP contribution in [0.1, 0.15) is 43.0 Å². The van der Waals surface area contributed by atoms with Gasteiger partial charge in [0.15, 0.2) is 11.0 Å². The van der Waals surface area contributed by atoms with Crippen LogP contribution < -0.4 is 10.2 Å². The zero-order valence-electron chi connectivity index (χ0n) is 20.5. The molecule has 192 valence electrons. The topological polar surface area (TPSA) is 89.1 Å². The van der Waals surface area contributed by atoms with Gasteiger partial charge in [0.25, 0.3) is 5.91 Å². The van der Waals surface area contributed by atoms with Crippen LogP contribution in [0, 0.1) is 0 Å². The van der Waals surface area contributed by atoms with Crippen LogP contribution in [0.25, 0.3) is 11.0 Å². The summed E-state index contributed by atoms with van der Waals surface area (Å²) in [5.41, 5.74) is 2.69. The molecule has 3 aromatic heterocycles. The molecule has 0 aliphatic rings. The fourth-order valence-electron chi connectivity index (χ4n) is 3.56. The summed E-state index contributed by atoms with van der Waals surface area (Å²) in [4.78, 5) is 28.7. The largest absolute Gasteiger partial charge is 0.444 e. The van der Waals surface area contributed by atoms with Crippen molar-refractivity contribution in [3.63, 3.8) is 0 Å². The molecule has 0 aliphatic heterocycles. The van der Waals surface area contributed by atoms with E-state index in [1.807, 2.05) is 23.7 Å². The van der Waals surface area contributed by atoms with E-state index in [0.717, 1.165) is 50.4 Å². The van der Waals surface area contributed by atoms with Crippen LogP contribution in [-0.4, -0.2) is 49.2 Å². The maximum atomic E-state index is 13.0. The first-order valence-electron chi connectivity index (χ1n) is 11.4. The van der Waals surface area contributed by atoms with Crippen LogP contribution in [-0.2, 0) is 18.2 Å². The SMILES string of the molecule is Cn1c(C(=O)Nc2ncc(SCc3ncc(C(C)(C)C)o3)s2)nc2cc(N(CCBr)CCBr)ccc21. The number of anilines is 2. The molecular formula is C24H28Br2N6O2S2. The lowest BCUT2D eigenvalue weighted by atomic mass is 9.94. The number of alkyl halides is 2. The summed E-state index contributed by atoms with van der Waals surface area (Å²) < 4.78 is 8.63. The summed E-state index contributed by atoms with van der Waals surface area (Å²) in [5.74, 6) is 2.19. The number of nitrogens with one attached hydrogen (secondary N) is 1. The first-order valence-corrected chi connectivity index (χ1v) is 15.4. The quantitative estimate of drug-likeness (QED) is 0.155. The van der Waals surface area contributed by atoms with Crippen molar-refractivity contribution < 1.29 is 9.21 Å². The number of hydrogen-bond donors (Lipinski definition) is 1. The minimum Gasteiger partial charge on any atom is -0.444 e. The number of nitrogens with zero attached hydrogens (tertiary/aromatic N) is 5. The fraction of sp³-hybridized carbons (Fsp3) is 0.417. The summed E-state index contributed by atoms with van der Waals surface area (Å²) in [5, 5.41) is 5.16. The maximum absolute atomic E-state index is 13.0. The van der Waals surface area contributed by atoms with E-state index in [-0.39, 0.29) is 11.3 Å². The third kappa shape index (κ3) is 6.32. The van der Waals surface area contributed by atoms with Crippen LogP contribution in [0.15, 0.2) is 39.2 Å². The lowest BCUT2D eigenvalue weighted by Gasteiger charge is -2.22. The van der Waals surface area contributed by atoms with Crippen LogP contribution >= 0.6 is 55.0 Å². The highest BCUT2D eigenvalue weighted by Gasteiger charge is 2.20. The Labute approximate surface area is 235 Å². The van der Waals surface area contributed by atoms with E-state index in [2.05, 4.69) is 83.9 Å². The van der Waals surface area contributed by atoms with E-state index < -0.39 is 0 Å². The Morgan fingerprint density at radius 1 is 1.19 bits per heavy atom. The predicted molar refractivity (Wildman–Crippen MR) is 155 cm³/mol. The molecule has 0 aliphatic carbocycles. The van der Waals surface area contributed by atoms with Gasteiger partial charge in [-0.1, -0.05) is 64.0 Å². The summed E-state index contributed by atoms with van der Waals surface area (Å²) in [6.07, 6.45) is 3.54. The number of hydrogen-bond acceptors (Lipinski definition) is 8. The Bertz CT molecular complexity index is 1340. The average molecular weight is 656 g/mol. The van der Waals surface area contributed by atoms with Gasteiger partial charge in [0, 0.05) is 41.9 Å². The second-order valence-electron chi connectivity index (χ2n) is 9.13. The summed E-state index contributed by atoms with van der Waals surface area (Å²) >= 11 is 10.0. The van der Waals surface area contributed by atoms with Gasteiger partial charge in [0.05, 0.1) is 33.4 Å². The molecule has 36 heavy (non-hydrogen) atoms. The number of amides is 1. The molecule has 4 aromatic rings. The molecular weight excluding hydrogens is 628 g/mol. The fourth-order valence-corrected chi connectivity index (χ4v) is 6.13. The first kappa shape index (κ1) is 27.2. The van der Waals surface area contributed by atoms with Crippen molar-refractivity contribution in [2.75, 3.05) is 34.0 Å². The number of carbonyl (C=O) groups is 1. The van der Waals surface area contributed by atoms with Gasteiger partial charge in [-0.3, -0.25) is 10.1 Å². The van der Waals surface area contributed by atoms with Crippen molar-refractivity contribution in [3.05, 3.63) is 48.1 Å². The number of halogens is 2. The maximum Gasteiger partial charge on any atom is 0.293 e. The van der Waals surface area contributed by atoms with Crippen molar-refractivity contribution in [2.45, 2.75) is 36.1 Å². The van der Waals surface area contributed by atoms with Gasteiger partial charge in [0.1, 0.15) is 5.76 Å². The molecule has 3 heterocycles. The second kappa shape index (κ2) is 11.7. The zero-order valence-corrected chi connectivity index (χ0v) is 25.4. The average Bonchev–Trinajstić information content (AvgIpc) is 3.56. The number of benzene rings is 1. The number of thiazole rings is 1. The number of carbonyl (C=O) groups excluding carboxylic acids is 1. The van der Waals surface area contributed by atoms with E-state index in [9.17, 15) is 4.79 Å². The van der Waals surface area contributed by atoms with E-state index in [0.29, 0.717) is 22.6 Å². The highest BCUT2D eigenvalue weighted by molar-refractivity contribution is 9.09. The minimum atomic E-state index is -0.290. The Morgan fingerprint density at radius 2 is 1.94 bits per heavy atom. The lowest BCUT2D eigenvalue weighted by Crippen LogP contribution is -2.27. The number of aryl methyl sites for hydroxylation is 1. The van der Waals surface area contributed by atoms with Crippen molar-refractivity contribution in [3.8, 4) is 0 Å². The molecule has 1 amide bonds. The molecule has 0 saturated carbocycles. The molecule has 0 unspecified atom stereocenters. The van der Waals surface area contributed by atoms with Gasteiger partial charge in [-0.15, -0.1) is 11.8 Å². The van der Waals surface area contributed by atoms with Crippen molar-refractivity contribution >= 4 is 82.7 Å².